The van der Waals surface area contributed by atoms with Crippen molar-refractivity contribution in [2.75, 3.05) is 17.4 Å². The van der Waals surface area contributed by atoms with Gasteiger partial charge in [0, 0.05) is 23.7 Å². The Kier molecular flexibility index (Phi) is 10.1. The third-order valence-corrected chi connectivity index (χ3v) is 8.34. The fourth-order valence-corrected chi connectivity index (χ4v) is 5.74. The van der Waals surface area contributed by atoms with Crippen LogP contribution in [-0.2, 0) is 26.2 Å². The number of halogens is 2. The largest absolute Gasteiger partial charge is 0.354 e. The fourth-order valence-electron chi connectivity index (χ4n) is 4.04. The van der Waals surface area contributed by atoms with Crippen LogP contribution in [0.1, 0.15) is 37.0 Å². The second kappa shape index (κ2) is 13.1. The van der Waals surface area contributed by atoms with Gasteiger partial charge in [-0.2, -0.15) is 0 Å². The average molecular weight is 574 g/mol. The summed E-state index contributed by atoms with van der Waals surface area (Å²) in [6.07, 6.45) is 0.693. The second-order valence-corrected chi connectivity index (χ2v) is 11.6. The molecule has 0 fully saturated rings. The number of anilines is 1. The molecule has 0 radical (unpaired) electrons. The Bertz CT molecular complexity index is 1430. The van der Waals surface area contributed by atoms with E-state index < -0.39 is 40.2 Å². The van der Waals surface area contributed by atoms with Crippen LogP contribution in [0.15, 0.2) is 71.6 Å². The molecular formula is C29H33ClFN3O4S. The van der Waals surface area contributed by atoms with E-state index in [1.54, 1.807) is 37.3 Å². The van der Waals surface area contributed by atoms with E-state index in [-0.39, 0.29) is 22.7 Å². The maximum atomic E-state index is 14.6. The summed E-state index contributed by atoms with van der Waals surface area (Å²) >= 11 is 6.13. The highest BCUT2D eigenvalue weighted by Gasteiger charge is 2.33. The number of hydrogen-bond donors (Lipinski definition) is 1. The number of amides is 2. The molecule has 2 amide bonds. The first-order valence-corrected chi connectivity index (χ1v) is 14.4. The van der Waals surface area contributed by atoms with Crippen LogP contribution in [0.3, 0.4) is 0 Å². The Morgan fingerprint density at radius 1 is 1.03 bits per heavy atom. The Hall–Kier alpha value is -3.43. The van der Waals surface area contributed by atoms with Gasteiger partial charge >= 0.3 is 0 Å². The topological polar surface area (TPSA) is 86.8 Å². The number of benzene rings is 3. The highest BCUT2D eigenvalue weighted by atomic mass is 35.5. The molecule has 1 atom stereocenters. The lowest BCUT2D eigenvalue weighted by Crippen LogP contribution is -2.51. The molecule has 0 bridgehead atoms. The first kappa shape index (κ1) is 30.1. The van der Waals surface area contributed by atoms with Gasteiger partial charge in [0.15, 0.2) is 0 Å². The minimum atomic E-state index is -4.21. The van der Waals surface area contributed by atoms with Gasteiger partial charge in [-0.3, -0.25) is 13.9 Å². The van der Waals surface area contributed by atoms with E-state index in [1.807, 2.05) is 13.8 Å². The third kappa shape index (κ3) is 7.36. The SMILES string of the molecule is CCCNC(=O)[C@H](C)N(Cc1ccccc1F)C(=O)CN(c1ccc(Cl)cc1C)S(=O)(=O)c1ccc(C)cc1. The van der Waals surface area contributed by atoms with Crippen LogP contribution in [0, 0.1) is 19.7 Å². The van der Waals surface area contributed by atoms with Crippen molar-refractivity contribution in [3.05, 3.63) is 94.3 Å². The Morgan fingerprint density at radius 2 is 1.69 bits per heavy atom. The van der Waals surface area contributed by atoms with E-state index in [2.05, 4.69) is 5.32 Å². The van der Waals surface area contributed by atoms with E-state index in [9.17, 15) is 22.4 Å². The quantitative estimate of drug-likeness (QED) is 0.340. The molecule has 0 aromatic heterocycles. The first-order chi connectivity index (χ1) is 18.4. The van der Waals surface area contributed by atoms with Crippen molar-refractivity contribution in [2.24, 2.45) is 0 Å². The molecule has 0 saturated heterocycles. The maximum Gasteiger partial charge on any atom is 0.264 e. The van der Waals surface area contributed by atoms with Gasteiger partial charge in [-0.25, -0.2) is 12.8 Å². The number of nitrogens with one attached hydrogen (secondary N) is 1. The normalized spacial score (nSPS) is 12.1. The van der Waals surface area contributed by atoms with Crippen molar-refractivity contribution in [2.45, 2.75) is 51.6 Å². The monoisotopic (exact) mass is 573 g/mol. The van der Waals surface area contributed by atoms with Gasteiger partial charge in [-0.05, 0) is 69.2 Å². The Labute approximate surface area is 234 Å². The number of sulfonamides is 1. The van der Waals surface area contributed by atoms with E-state index in [1.165, 1.54) is 48.2 Å². The Balaban J connectivity index is 2.06. The summed E-state index contributed by atoms with van der Waals surface area (Å²) in [6, 6.07) is 16.0. The number of carbonyl (C=O) groups excluding carboxylic acids is 2. The van der Waals surface area contributed by atoms with Crippen molar-refractivity contribution in [1.29, 1.82) is 0 Å². The highest BCUT2D eigenvalue weighted by Crippen LogP contribution is 2.29. The minimum absolute atomic E-state index is 0.00430. The molecule has 39 heavy (non-hydrogen) atoms. The number of carbonyl (C=O) groups is 2. The Morgan fingerprint density at radius 3 is 2.31 bits per heavy atom. The summed E-state index contributed by atoms with van der Waals surface area (Å²) in [5, 5.41) is 3.17. The summed E-state index contributed by atoms with van der Waals surface area (Å²) in [4.78, 5) is 27.9. The molecular weight excluding hydrogens is 541 g/mol. The molecule has 0 spiro atoms. The molecule has 0 aliphatic carbocycles. The number of hydrogen-bond acceptors (Lipinski definition) is 4. The standard InChI is InChI=1S/C29H33ClFN3O4S/c1-5-16-32-29(36)22(4)33(18-23-8-6-7-9-26(23)31)28(35)19-34(27-15-12-24(30)17-21(27)3)39(37,38)25-13-10-20(2)11-14-25/h6-15,17,22H,5,16,18-19H2,1-4H3,(H,32,36)/t22-/m0/s1. The highest BCUT2D eigenvalue weighted by molar-refractivity contribution is 7.92. The van der Waals surface area contributed by atoms with Crippen LogP contribution in [-0.4, -0.2) is 44.3 Å². The van der Waals surface area contributed by atoms with Crippen molar-refractivity contribution < 1.29 is 22.4 Å². The molecule has 7 nitrogen and oxygen atoms in total. The van der Waals surface area contributed by atoms with Crippen molar-refractivity contribution >= 4 is 39.1 Å². The van der Waals surface area contributed by atoms with Crippen molar-refractivity contribution in [3.8, 4) is 0 Å². The summed E-state index contributed by atoms with van der Waals surface area (Å²) in [7, 11) is -4.21. The van der Waals surface area contributed by atoms with Crippen molar-refractivity contribution in [1.82, 2.24) is 10.2 Å². The smallest absolute Gasteiger partial charge is 0.264 e. The number of aryl methyl sites for hydroxylation is 2. The third-order valence-electron chi connectivity index (χ3n) is 6.33. The summed E-state index contributed by atoms with van der Waals surface area (Å²) in [5.74, 6) is -1.62. The molecule has 3 aromatic rings. The van der Waals surface area contributed by atoms with Gasteiger partial charge in [0.25, 0.3) is 10.0 Å². The average Bonchev–Trinajstić information content (AvgIpc) is 2.90. The van der Waals surface area contributed by atoms with Crippen LogP contribution in [0.2, 0.25) is 5.02 Å². The first-order valence-electron chi connectivity index (χ1n) is 12.6. The molecule has 3 rings (SSSR count). The lowest BCUT2D eigenvalue weighted by molar-refractivity contribution is -0.139. The maximum absolute atomic E-state index is 14.6. The van der Waals surface area contributed by atoms with E-state index >= 15 is 0 Å². The molecule has 10 heteroatoms. The zero-order valence-electron chi connectivity index (χ0n) is 22.4. The molecule has 0 unspecified atom stereocenters. The van der Waals surface area contributed by atoms with Gasteiger partial charge < -0.3 is 10.2 Å². The predicted octanol–water partition coefficient (Wildman–Crippen LogP) is 5.23. The molecule has 0 aliphatic heterocycles. The molecule has 1 N–H and O–H groups in total. The van der Waals surface area contributed by atoms with Gasteiger partial charge in [-0.1, -0.05) is 54.4 Å². The van der Waals surface area contributed by atoms with Gasteiger partial charge in [0.1, 0.15) is 18.4 Å². The zero-order valence-corrected chi connectivity index (χ0v) is 24.0. The predicted molar refractivity (Wildman–Crippen MR) is 152 cm³/mol. The van der Waals surface area contributed by atoms with Crippen LogP contribution in [0.4, 0.5) is 10.1 Å². The van der Waals surface area contributed by atoms with E-state index in [0.29, 0.717) is 23.6 Å². The minimum Gasteiger partial charge on any atom is -0.354 e. The summed E-state index contributed by atoms with van der Waals surface area (Å²) in [5.41, 5.74) is 1.89. The molecule has 3 aromatic carbocycles. The summed E-state index contributed by atoms with van der Waals surface area (Å²) < 4.78 is 43.4. The van der Waals surface area contributed by atoms with Crippen LogP contribution >= 0.6 is 11.6 Å². The molecule has 0 aliphatic rings. The summed E-state index contributed by atoms with van der Waals surface area (Å²) in [6.45, 7) is 6.55. The van der Waals surface area contributed by atoms with Crippen LogP contribution < -0.4 is 9.62 Å². The van der Waals surface area contributed by atoms with E-state index in [0.717, 1.165) is 9.87 Å². The fraction of sp³-hybridized carbons (Fsp3) is 0.310. The van der Waals surface area contributed by atoms with E-state index in [4.69, 9.17) is 11.6 Å². The van der Waals surface area contributed by atoms with Gasteiger partial charge in [0.2, 0.25) is 11.8 Å². The van der Waals surface area contributed by atoms with Crippen molar-refractivity contribution in [3.63, 3.8) is 0 Å². The molecule has 0 saturated carbocycles. The number of nitrogens with zero attached hydrogens (tertiary/aromatic N) is 2. The van der Waals surface area contributed by atoms with Gasteiger partial charge in [-0.15, -0.1) is 0 Å². The second-order valence-electron chi connectivity index (χ2n) is 9.34. The van der Waals surface area contributed by atoms with Crippen LogP contribution in [0.25, 0.3) is 0 Å². The molecule has 208 valence electrons. The van der Waals surface area contributed by atoms with Crippen LogP contribution in [0.5, 0.6) is 0 Å². The molecule has 0 heterocycles. The van der Waals surface area contributed by atoms with Gasteiger partial charge in [0.05, 0.1) is 10.6 Å². The lowest BCUT2D eigenvalue weighted by atomic mass is 10.1. The zero-order chi connectivity index (χ0) is 28.7. The number of rotatable bonds is 11. The lowest BCUT2D eigenvalue weighted by Gasteiger charge is -2.32.